The molecule has 1 fully saturated rings. The Labute approximate surface area is 131 Å². The van der Waals surface area contributed by atoms with E-state index in [9.17, 15) is 4.79 Å². The van der Waals surface area contributed by atoms with Crippen molar-refractivity contribution in [1.29, 1.82) is 0 Å². The van der Waals surface area contributed by atoms with Gasteiger partial charge in [-0.25, -0.2) is 0 Å². The number of carbonyl (C=O) groups is 1. The molecule has 0 aliphatic carbocycles. The molecule has 6 heteroatoms. The summed E-state index contributed by atoms with van der Waals surface area (Å²) in [5.41, 5.74) is 0. The Morgan fingerprint density at radius 3 is 2.68 bits per heavy atom. The summed E-state index contributed by atoms with van der Waals surface area (Å²) in [6.45, 7) is 6.91. The zero-order valence-corrected chi connectivity index (χ0v) is 13.3. The first-order valence-corrected chi connectivity index (χ1v) is 7.69. The van der Waals surface area contributed by atoms with Crippen molar-refractivity contribution in [3.05, 3.63) is 24.3 Å². The van der Waals surface area contributed by atoms with Crippen LogP contribution in [0.2, 0.25) is 0 Å². The molecule has 1 heterocycles. The van der Waals surface area contributed by atoms with Crippen molar-refractivity contribution < 1.29 is 23.9 Å². The van der Waals surface area contributed by atoms with Gasteiger partial charge in [-0.1, -0.05) is 12.1 Å². The van der Waals surface area contributed by atoms with Crippen LogP contribution in [0.5, 0.6) is 11.5 Å². The van der Waals surface area contributed by atoms with Crippen LogP contribution >= 0.6 is 0 Å². The van der Waals surface area contributed by atoms with Crippen molar-refractivity contribution in [3.63, 3.8) is 0 Å². The van der Waals surface area contributed by atoms with Crippen LogP contribution in [0.1, 0.15) is 6.92 Å². The molecule has 122 valence electrons. The maximum atomic E-state index is 12.1. The third kappa shape index (κ3) is 4.89. The highest BCUT2D eigenvalue weighted by atomic mass is 16.5. The van der Waals surface area contributed by atoms with Crippen molar-refractivity contribution in [3.8, 4) is 11.5 Å². The van der Waals surface area contributed by atoms with Crippen molar-refractivity contribution in [1.82, 2.24) is 5.32 Å². The summed E-state index contributed by atoms with van der Waals surface area (Å²) in [6, 6.07) is 7.31. The minimum absolute atomic E-state index is 0.112. The Kier molecular flexibility index (Phi) is 6.48. The van der Waals surface area contributed by atoms with Crippen LogP contribution in [-0.4, -0.2) is 58.5 Å². The average Bonchev–Trinajstić information content (AvgIpc) is 2.56. The second kappa shape index (κ2) is 8.60. The molecule has 1 aromatic carbocycles. The lowest BCUT2D eigenvalue weighted by molar-refractivity contribution is -0.906. The van der Waals surface area contributed by atoms with E-state index in [1.807, 2.05) is 18.2 Å². The molecule has 2 N–H and O–H groups in total. The number of morpholine rings is 1. The first-order valence-electron chi connectivity index (χ1n) is 7.69. The van der Waals surface area contributed by atoms with E-state index < -0.39 is 6.10 Å². The van der Waals surface area contributed by atoms with Crippen LogP contribution < -0.4 is 19.7 Å². The zero-order chi connectivity index (χ0) is 15.8. The van der Waals surface area contributed by atoms with Gasteiger partial charge in [0.05, 0.1) is 33.4 Å². The van der Waals surface area contributed by atoms with Crippen molar-refractivity contribution in [2.45, 2.75) is 13.0 Å². The normalized spacial score (nSPS) is 16.8. The number of methoxy groups -OCH3 is 1. The quantitative estimate of drug-likeness (QED) is 0.712. The van der Waals surface area contributed by atoms with Gasteiger partial charge in [-0.2, -0.15) is 0 Å². The standard InChI is InChI=1S/C16H24N2O4/c1-13(22-15-6-4-3-5-14(15)20-2)16(19)17-7-8-18-9-11-21-12-10-18/h3-6,13H,7-12H2,1-2H3,(H,17,19)/p+1/t13-/m1/s1. The SMILES string of the molecule is COc1ccccc1O[C@H](C)C(=O)NCC[NH+]1CCOCC1. The summed E-state index contributed by atoms with van der Waals surface area (Å²) >= 11 is 0. The fourth-order valence-corrected chi connectivity index (χ4v) is 2.38. The van der Waals surface area contributed by atoms with E-state index in [-0.39, 0.29) is 5.91 Å². The summed E-state index contributed by atoms with van der Waals surface area (Å²) in [4.78, 5) is 13.5. The van der Waals surface area contributed by atoms with E-state index in [1.54, 1.807) is 20.1 Å². The van der Waals surface area contributed by atoms with E-state index in [0.717, 1.165) is 32.8 Å². The van der Waals surface area contributed by atoms with E-state index in [1.165, 1.54) is 4.90 Å². The van der Waals surface area contributed by atoms with Gasteiger partial charge >= 0.3 is 0 Å². The van der Waals surface area contributed by atoms with Crippen LogP contribution in [0, 0.1) is 0 Å². The molecule has 1 saturated heterocycles. The molecule has 0 spiro atoms. The van der Waals surface area contributed by atoms with Crippen LogP contribution in [0.3, 0.4) is 0 Å². The van der Waals surface area contributed by atoms with E-state index in [2.05, 4.69) is 5.32 Å². The molecule has 22 heavy (non-hydrogen) atoms. The van der Waals surface area contributed by atoms with Gasteiger partial charge in [-0.15, -0.1) is 0 Å². The van der Waals surface area contributed by atoms with Gasteiger partial charge in [-0.3, -0.25) is 4.79 Å². The molecule has 1 aliphatic heterocycles. The maximum absolute atomic E-state index is 12.1. The minimum atomic E-state index is -0.559. The zero-order valence-electron chi connectivity index (χ0n) is 13.3. The number of hydrogen-bond acceptors (Lipinski definition) is 4. The second-order valence-corrected chi connectivity index (χ2v) is 5.31. The van der Waals surface area contributed by atoms with E-state index >= 15 is 0 Å². The first-order chi connectivity index (χ1) is 10.7. The number of benzene rings is 1. The monoisotopic (exact) mass is 309 g/mol. The topological polar surface area (TPSA) is 61.2 Å². The number of carbonyl (C=O) groups excluding carboxylic acids is 1. The van der Waals surface area contributed by atoms with E-state index in [0.29, 0.717) is 18.0 Å². The van der Waals surface area contributed by atoms with Crippen LogP contribution in [0.4, 0.5) is 0 Å². The molecule has 1 aromatic rings. The maximum Gasteiger partial charge on any atom is 0.260 e. The first kappa shape index (κ1) is 16.6. The lowest BCUT2D eigenvalue weighted by Gasteiger charge is -2.24. The summed E-state index contributed by atoms with van der Waals surface area (Å²) in [5, 5.41) is 2.92. The molecule has 0 radical (unpaired) electrons. The summed E-state index contributed by atoms with van der Waals surface area (Å²) in [6.07, 6.45) is -0.559. The van der Waals surface area contributed by atoms with Gasteiger partial charge in [0.1, 0.15) is 13.1 Å². The largest absolute Gasteiger partial charge is 0.493 e. The van der Waals surface area contributed by atoms with Gasteiger partial charge in [0.15, 0.2) is 17.6 Å². The van der Waals surface area contributed by atoms with Crippen LogP contribution in [0.25, 0.3) is 0 Å². The molecular formula is C16H25N2O4+. The van der Waals surface area contributed by atoms with E-state index in [4.69, 9.17) is 14.2 Å². The Morgan fingerprint density at radius 2 is 2.00 bits per heavy atom. The van der Waals surface area contributed by atoms with Gasteiger partial charge in [-0.05, 0) is 19.1 Å². The molecule has 1 atom stereocenters. The van der Waals surface area contributed by atoms with Gasteiger partial charge < -0.3 is 24.4 Å². The number of amides is 1. The Bertz CT molecular complexity index is 475. The highest BCUT2D eigenvalue weighted by molar-refractivity contribution is 5.80. The lowest BCUT2D eigenvalue weighted by Crippen LogP contribution is -3.14. The molecule has 0 unspecified atom stereocenters. The molecular weight excluding hydrogens is 284 g/mol. The van der Waals surface area contributed by atoms with Crippen molar-refractivity contribution >= 4 is 5.91 Å². The molecule has 0 aromatic heterocycles. The highest BCUT2D eigenvalue weighted by Gasteiger charge is 2.18. The molecule has 0 bridgehead atoms. The fourth-order valence-electron chi connectivity index (χ4n) is 2.38. The molecule has 1 aliphatic rings. The average molecular weight is 309 g/mol. The number of ether oxygens (including phenoxy) is 3. The second-order valence-electron chi connectivity index (χ2n) is 5.31. The number of nitrogens with one attached hydrogen (secondary N) is 2. The third-order valence-corrected chi connectivity index (χ3v) is 3.72. The van der Waals surface area contributed by atoms with Gasteiger partial charge in [0.2, 0.25) is 0 Å². The Morgan fingerprint density at radius 1 is 1.32 bits per heavy atom. The predicted octanol–water partition coefficient (Wildman–Crippen LogP) is -0.506. The van der Waals surface area contributed by atoms with Gasteiger partial charge in [0.25, 0.3) is 5.91 Å². The molecule has 0 saturated carbocycles. The Hall–Kier alpha value is -1.79. The number of hydrogen-bond donors (Lipinski definition) is 2. The molecule has 6 nitrogen and oxygen atoms in total. The predicted molar refractivity (Wildman–Crippen MR) is 82.5 cm³/mol. The Balaban J connectivity index is 1.74. The lowest BCUT2D eigenvalue weighted by atomic mass is 10.3. The van der Waals surface area contributed by atoms with Crippen molar-refractivity contribution in [2.24, 2.45) is 0 Å². The number of quaternary nitrogens is 1. The number of rotatable bonds is 7. The highest BCUT2D eigenvalue weighted by Crippen LogP contribution is 2.26. The summed E-state index contributed by atoms with van der Waals surface area (Å²) in [5.74, 6) is 1.09. The number of para-hydroxylation sites is 2. The summed E-state index contributed by atoms with van der Waals surface area (Å²) in [7, 11) is 1.58. The minimum Gasteiger partial charge on any atom is -0.493 e. The fraction of sp³-hybridized carbons (Fsp3) is 0.562. The molecule has 1 amide bonds. The third-order valence-electron chi connectivity index (χ3n) is 3.72. The smallest absolute Gasteiger partial charge is 0.260 e. The summed E-state index contributed by atoms with van der Waals surface area (Å²) < 4.78 is 16.2. The van der Waals surface area contributed by atoms with Crippen LogP contribution in [-0.2, 0) is 9.53 Å². The van der Waals surface area contributed by atoms with Gasteiger partial charge in [0, 0.05) is 0 Å². The van der Waals surface area contributed by atoms with Crippen LogP contribution in [0.15, 0.2) is 24.3 Å². The van der Waals surface area contributed by atoms with Crippen molar-refractivity contribution in [2.75, 3.05) is 46.5 Å². The molecule has 2 rings (SSSR count).